The van der Waals surface area contributed by atoms with Crippen molar-refractivity contribution in [2.45, 2.75) is 39.7 Å². The Labute approximate surface area is 67.3 Å². The Morgan fingerprint density at radius 1 is 1.55 bits per heavy atom. The molecule has 0 unspecified atom stereocenters. The van der Waals surface area contributed by atoms with Gasteiger partial charge in [0.05, 0.1) is 12.5 Å². The van der Waals surface area contributed by atoms with E-state index in [1.54, 1.807) is 13.8 Å². The van der Waals surface area contributed by atoms with Gasteiger partial charge in [-0.3, -0.25) is 4.79 Å². The van der Waals surface area contributed by atoms with Crippen molar-refractivity contribution in [1.82, 2.24) is 0 Å². The lowest BCUT2D eigenvalue weighted by Gasteiger charge is -2.06. The largest absolute Gasteiger partial charge is 0.463 e. The van der Waals surface area contributed by atoms with Gasteiger partial charge in [0.15, 0.2) is 0 Å². The fraction of sp³-hybridized carbons (Fsp3) is 0.750. The van der Waals surface area contributed by atoms with Gasteiger partial charge in [0, 0.05) is 5.71 Å². The second-order valence-corrected chi connectivity index (χ2v) is 2.67. The smallest absolute Gasteiger partial charge is 0.311 e. The van der Waals surface area contributed by atoms with Gasteiger partial charge in [-0.15, -0.1) is 0 Å². The predicted molar refractivity (Wildman–Crippen MR) is 43.9 cm³/mol. The van der Waals surface area contributed by atoms with Gasteiger partial charge in [-0.05, 0) is 20.3 Å². The minimum Gasteiger partial charge on any atom is -0.463 e. The van der Waals surface area contributed by atoms with Crippen LogP contribution in [0, 0.1) is 5.41 Å². The number of carbonyl (C=O) groups is 1. The third-order valence-corrected chi connectivity index (χ3v) is 1.15. The number of carbonyl (C=O) groups excluding carboxylic acids is 1. The van der Waals surface area contributed by atoms with E-state index in [1.165, 1.54) is 0 Å². The molecule has 3 nitrogen and oxygen atoms in total. The molecule has 3 heteroatoms. The Morgan fingerprint density at radius 2 is 2.09 bits per heavy atom. The summed E-state index contributed by atoms with van der Waals surface area (Å²) in [4.78, 5) is 10.9. The third-order valence-electron chi connectivity index (χ3n) is 1.15. The zero-order valence-corrected chi connectivity index (χ0v) is 7.31. The van der Waals surface area contributed by atoms with E-state index in [2.05, 4.69) is 0 Å². The van der Waals surface area contributed by atoms with E-state index < -0.39 is 0 Å². The topological polar surface area (TPSA) is 50.2 Å². The summed E-state index contributed by atoms with van der Waals surface area (Å²) in [6.07, 6.45) is 0.675. The minimum absolute atomic E-state index is 0.0767. The Bertz CT molecular complexity index is 152. The monoisotopic (exact) mass is 157 g/mol. The normalized spacial score (nSPS) is 9.82. The summed E-state index contributed by atoms with van der Waals surface area (Å²) in [5.74, 6) is -0.299. The predicted octanol–water partition coefficient (Wildman–Crippen LogP) is 1.76. The van der Waals surface area contributed by atoms with Gasteiger partial charge in [-0.1, -0.05) is 6.92 Å². The fourth-order valence-corrected chi connectivity index (χ4v) is 0.604. The van der Waals surface area contributed by atoms with Gasteiger partial charge < -0.3 is 10.1 Å². The molecule has 11 heavy (non-hydrogen) atoms. The molecule has 0 saturated carbocycles. The highest BCUT2D eigenvalue weighted by atomic mass is 16.5. The molecule has 0 atom stereocenters. The van der Waals surface area contributed by atoms with Crippen LogP contribution in [0.2, 0.25) is 0 Å². The first-order chi connectivity index (χ1) is 5.06. The average Bonchev–Trinajstić information content (AvgIpc) is 1.85. The number of hydrogen-bond acceptors (Lipinski definition) is 3. The number of nitrogens with one attached hydrogen (secondary N) is 1. The van der Waals surface area contributed by atoms with Crippen LogP contribution in [0.25, 0.3) is 0 Å². The molecular formula is C8H15NO2. The molecule has 0 fully saturated rings. The van der Waals surface area contributed by atoms with Crippen LogP contribution < -0.4 is 0 Å². The van der Waals surface area contributed by atoms with E-state index in [1.807, 2.05) is 6.92 Å². The van der Waals surface area contributed by atoms with Crippen LogP contribution in [0.1, 0.15) is 33.6 Å². The lowest BCUT2D eigenvalue weighted by molar-refractivity contribution is -0.145. The van der Waals surface area contributed by atoms with Crippen molar-refractivity contribution in [3.63, 3.8) is 0 Å². The first kappa shape index (κ1) is 10.1. The zero-order chi connectivity index (χ0) is 8.85. The van der Waals surface area contributed by atoms with Crippen LogP contribution in [0.5, 0.6) is 0 Å². The molecule has 0 heterocycles. The second-order valence-electron chi connectivity index (χ2n) is 2.67. The lowest BCUT2D eigenvalue weighted by atomic mass is 10.2. The van der Waals surface area contributed by atoms with E-state index >= 15 is 0 Å². The van der Waals surface area contributed by atoms with Crippen LogP contribution >= 0.6 is 0 Å². The maximum atomic E-state index is 10.9. The van der Waals surface area contributed by atoms with Gasteiger partial charge in [0.2, 0.25) is 0 Å². The lowest BCUT2D eigenvalue weighted by Crippen LogP contribution is -2.14. The van der Waals surface area contributed by atoms with E-state index in [0.29, 0.717) is 12.1 Å². The summed E-state index contributed by atoms with van der Waals surface area (Å²) in [7, 11) is 0. The number of rotatable bonds is 4. The molecule has 0 aliphatic rings. The molecule has 0 amide bonds. The summed E-state index contributed by atoms with van der Waals surface area (Å²) in [6.45, 7) is 5.45. The molecule has 0 aliphatic heterocycles. The van der Waals surface area contributed by atoms with Crippen molar-refractivity contribution in [1.29, 1.82) is 5.41 Å². The Hall–Kier alpha value is -0.860. The number of hydrogen-bond donors (Lipinski definition) is 1. The molecule has 0 aromatic heterocycles. The molecule has 0 radical (unpaired) electrons. The van der Waals surface area contributed by atoms with Crippen LogP contribution in [0.4, 0.5) is 0 Å². The van der Waals surface area contributed by atoms with Gasteiger partial charge >= 0.3 is 5.97 Å². The first-order valence-electron chi connectivity index (χ1n) is 3.82. The van der Waals surface area contributed by atoms with E-state index in [-0.39, 0.29) is 18.5 Å². The summed E-state index contributed by atoms with van der Waals surface area (Å²) < 4.78 is 4.84. The third kappa shape index (κ3) is 5.58. The van der Waals surface area contributed by atoms with Gasteiger partial charge in [0.25, 0.3) is 0 Å². The molecular weight excluding hydrogens is 142 g/mol. The maximum absolute atomic E-state index is 10.9. The van der Waals surface area contributed by atoms with E-state index in [4.69, 9.17) is 10.1 Å². The SMILES string of the molecule is CCC(=N)CC(=O)OC(C)C. The molecule has 0 bridgehead atoms. The molecule has 0 rings (SSSR count). The molecule has 0 spiro atoms. The molecule has 0 aromatic carbocycles. The minimum atomic E-state index is -0.299. The summed E-state index contributed by atoms with van der Waals surface area (Å²) in [5.41, 5.74) is 0.427. The maximum Gasteiger partial charge on any atom is 0.311 e. The molecule has 0 saturated heterocycles. The Kier molecular flexibility index (Phi) is 4.50. The zero-order valence-electron chi connectivity index (χ0n) is 7.31. The average molecular weight is 157 g/mol. The van der Waals surface area contributed by atoms with Gasteiger partial charge in [-0.25, -0.2) is 0 Å². The second kappa shape index (κ2) is 4.88. The molecule has 64 valence electrons. The quantitative estimate of drug-likeness (QED) is 0.499. The van der Waals surface area contributed by atoms with Crippen molar-refractivity contribution < 1.29 is 9.53 Å². The van der Waals surface area contributed by atoms with Crippen molar-refractivity contribution in [3.05, 3.63) is 0 Å². The van der Waals surface area contributed by atoms with Crippen LogP contribution in [-0.4, -0.2) is 17.8 Å². The van der Waals surface area contributed by atoms with Gasteiger partial charge in [-0.2, -0.15) is 0 Å². The molecule has 0 aliphatic carbocycles. The molecule has 0 aromatic rings. The van der Waals surface area contributed by atoms with Crippen molar-refractivity contribution >= 4 is 11.7 Å². The number of ether oxygens (including phenoxy) is 1. The van der Waals surface area contributed by atoms with Crippen molar-refractivity contribution in [2.24, 2.45) is 0 Å². The van der Waals surface area contributed by atoms with Crippen molar-refractivity contribution in [2.75, 3.05) is 0 Å². The standard InChI is InChI=1S/C8H15NO2/c1-4-7(9)5-8(10)11-6(2)3/h6,9H,4-5H2,1-3H3. The molecule has 1 N–H and O–H groups in total. The highest BCUT2D eigenvalue weighted by Gasteiger charge is 2.06. The van der Waals surface area contributed by atoms with Crippen LogP contribution in [0.3, 0.4) is 0 Å². The van der Waals surface area contributed by atoms with Gasteiger partial charge in [0.1, 0.15) is 0 Å². The van der Waals surface area contributed by atoms with Crippen LogP contribution in [0.15, 0.2) is 0 Å². The highest BCUT2D eigenvalue weighted by Crippen LogP contribution is 1.96. The summed E-state index contributed by atoms with van der Waals surface area (Å²) in [6, 6.07) is 0. The first-order valence-corrected chi connectivity index (χ1v) is 3.82. The highest BCUT2D eigenvalue weighted by molar-refractivity contribution is 5.96. The Morgan fingerprint density at radius 3 is 2.45 bits per heavy atom. The summed E-state index contributed by atoms with van der Waals surface area (Å²) >= 11 is 0. The number of esters is 1. The fourth-order valence-electron chi connectivity index (χ4n) is 0.604. The van der Waals surface area contributed by atoms with E-state index in [9.17, 15) is 4.79 Å². The van der Waals surface area contributed by atoms with Crippen molar-refractivity contribution in [3.8, 4) is 0 Å². The van der Waals surface area contributed by atoms with Crippen LogP contribution in [-0.2, 0) is 9.53 Å². The summed E-state index contributed by atoms with van der Waals surface area (Å²) in [5, 5.41) is 7.21. The Balaban J connectivity index is 3.61. The van der Waals surface area contributed by atoms with E-state index in [0.717, 1.165) is 0 Å².